The summed E-state index contributed by atoms with van der Waals surface area (Å²) in [6, 6.07) is 14.2. The van der Waals surface area contributed by atoms with Gasteiger partial charge >= 0.3 is 6.36 Å². The number of alkyl halides is 3. The Labute approximate surface area is 203 Å². The van der Waals surface area contributed by atoms with Crippen molar-refractivity contribution in [3.05, 3.63) is 94.0 Å². The molecule has 0 radical (unpaired) electrons. The molecule has 0 saturated heterocycles. The first-order valence-electron chi connectivity index (χ1n) is 9.92. The summed E-state index contributed by atoms with van der Waals surface area (Å²) in [7, 11) is 0. The van der Waals surface area contributed by atoms with Crippen LogP contribution in [0.5, 0.6) is 5.75 Å². The second-order valence-electron chi connectivity index (χ2n) is 7.18. The predicted molar refractivity (Wildman–Crippen MR) is 124 cm³/mol. The second kappa shape index (κ2) is 11.9. The van der Waals surface area contributed by atoms with Crippen LogP contribution in [0.1, 0.15) is 52.6 Å². The number of hydrogen-bond acceptors (Lipinski definition) is 5. The van der Waals surface area contributed by atoms with Crippen molar-refractivity contribution in [2.45, 2.75) is 20.2 Å². The largest absolute Gasteiger partial charge is 0.573 e. The number of anilines is 1. The van der Waals surface area contributed by atoms with Crippen LogP contribution < -0.4 is 10.1 Å². The normalized spacial score (nSPS) is 10.5. The summed E-state index contributed by atoms with van der Waals surface area (Å²) in [6.45, 7) is 3.52. The average Bonchev–Trinajstić information content (AvgIpc) is 2.79. The van der Waals surface area contributed by atoms with Crippen molar-refractivity contribution >= 4 is 41.0 Å². The molecule has 10 heteroatoms. The maximum atomic E-state index is 12.2. The van der Waals surface area contributed by atoms with Crippen LogP contribution in [0.3, 0.4) is 0 Å². The minimum atomic E-state index is -4.81. The molecule has 0 aliphatic heterocycles. The van der Waals surface area contributed by atoms with Gasteiger partial charge in [0.2, 0.25) is 0 Å². The molecule has 0 fully saturated rings. The van der Waals surface area contributed by atoms with Crippen molar-refractivity contribution in [2.75, 3.05) is 5.32 Å². The fourth-order valence-electron chi connectivity index (χ4n) is 2.77. The Bertz CT molecular complexity index is 1260. The molecule has 0 aliphatic rings. The van der Waals surface area contributed by atoms with Gasteiger partial charge in [-0.3, -0.25) is 19.2 Å². The van der Waals surface area contributed by atoms with E-state index in [2.05, 4.69) is 10.1 Å². The third-order valence-electron chi connectivity index (χ3n) is 4.63. The molecular formula is C25H19ClF3NO5. The van der Waals surface area contributed by atoms with Gasteiger partial charge in [-0.05, 0) is 73.0 Å². The number of hydrogen-bond donors (Lipinski definition) is 1. The van der Waals surface area contributed by atoms with E-state index in [9.17, 15) is 32.3 Å². The molecular weight excluding hydrogens is 487 g/mol. The molecule has 0 spiro atoms. The molecule has 6 nitrogen and oxygen atoms in total. The number of aryl methyl sites for hydroxylation is 2. The van der Waals surface area contributed by atoms with Crippen molar-refractivity contribution in [2.24, 2.45) is 0 Å². The Balaban J connectivity index is 0.000000303. The molecule has 0 heterocycles. The number of benzene rings is 3. The SMILES string of the molecule is Cc1ccc(C(=O)Cl)cc1C=O.Cc1ccc(C(=O)Nc2cccc(OC(F)(F)F)c2)cc1C=O. The summed E-state index contributed by atoms with van der Waals surface area (Å²) in [5, 5.41) is 1.91. The molecule has 0 aromatic heterocycles. The van der Waals surface area contributed by atoms with Crippen LogP contribution >= 0.6 is 11.6 Å². The van der Waals surface area contributed by atoms with Gasteiger partial charge < -0.3 is 10.1 Å². The van der Waals surface area contributed by atoms with Gasteiger partial charge in [0.15, 0.2) is 0 Å². The number of carbonyl (C=O) groups excluding carboxylic acids is 4. The Morgan fingerprint density at radius 1 is 0.857 bits per heavy atom. The topological polar surface area (TPSA) is 89.5 Å². The molecule has 0 unspecified atom stereocenters. The van der Waals surface area contributed by atoms with Gasteiger partial charge in [-0.15, -0.1) is 13.2 Å². The van der Waals surface area contributed by atoms with Crippen LogP contribution in [0, 0.1) is 13.8 Å². The third-order valence-corrected chi connectivity index (χ3v) is 4.85. The first-order valence-corrected chi connectivity index (χ1v) is 10.3. The van der Waals surface area contributed by atoms with E-state index in [1.807, 2.05) is 0 Å². The lowest BCUT2D eigenvalue weighted by Gasteiger charge is -2.11. The van der Waals surface area contributed by atoms with Gasteiger partial charge in [-0.25, -0.2) is 0 Å². The molecule has 3 aromatic carbocycles. The predicted octanol–water partition coefficient (Wildman–Crippen LogP) is 6.14. The van der Waals surface area contributed by atoms with Crippen LogP contribution in [-0.4, -0.2) is 30.1 Å². The molecule has 1 N–H and O–H groups in total. The van der Waals surface area contributed by atoms with Crippen LogP contribution in [0.25, 0.3) is 0 Å². The number of nitrogens with one attached hydrogen (secondary N) is 1. The monoisotopic (exact) mass is 505 g/mol. The molecule has 182 valence electrons. The third kappa shape index (κ3) is 8.38. The molecule has 0 bridgehead atoms. The first-order chi connectivity index (χ1) is 16.4. The molecule has 0 atom stereocenters. The van der Waals surface area contributed by atoms with Crippen LogP contribution in [-0.2, 0) is 0 Å². The highest BCUT2D eigenvalue weighted by molar-refractivity contribution is 6.67. The second-order valence-corrected chi connectivity index (χ2v) is 7.53. The van der Waals surface area contributed by atoms with Crippen molar-refractivity contribution < 1.29 is 37.1 Å². The lowest BCUT2D eigenvalue weighted by molar-refractivity contribution is -0.274. The summed E-state index contributed by atoms with van der Waals surface area (Å²) in [6.07, 6.45) is -3.47. The highest BCUT2D eigenvalue weighted by atomic mass is 35.5. The van der Waals surface area contributed by atoms with E-state index in [0.29, 0.717) is 29.3 Å². The number of ether oxygens (including phenoxy) is 1. The summed E-state index contributed by atoms with van der Waals surface area (Å²) in [5.41, 5.74) is 3.14. The zero-order chi connectivity index (χ0) is 26.2. The fourth-order valence-corrected chi connectivity index (χ4v) is 2.89. The lowest BCUT2D eigenvalue weighted by Crippen LogP contribution is -2.17. The van der Waals surface area contributed by atoms with Crippen molar-refractivity contribution in [1.29, 1.82) is 0 Å². The lowest BCUT2D eigenvalue weighted by atomic mass is 10.1. The summed E-state index contributed by atoms with van der Waals surface area (Å²) >= 11 is 5.23. The summed E-state index contributed by atoms with van der Waals surface area (Å²) in [5.74, 6) is -0.981. The maximum Gasteiger partial charge on any atom is 0.573 e. The van der Waals surface area contributed by atoms with E-state index in [4.69, 9.17) is 11.6 Å². The van der Waals surface area contributed by atoms with E-state index < -0.39 is 23.3 Å². The van der Waals surface area contributed by atoms with Gasteiger partial charge in [0, 0.05) is 34.0 Å². The van der Waals surface area contributed by atoms with E-state index in [1.54, 1.807) is 32.0 Å². The minimum absolute atomic E-state index is 0.143. The van der Waals surface area contributed by atoms with Gasteiger partial charge in [0.25, 0.3) is 11.1 Å². The van der Waals surface area contributed by atoms with E-state index in [-0.39, 0.29) is 11.3 Å². The Kier molecular flexibility index (Phi) is 9.30. The van der Waals surface area contributed by atoms with Crippen molar-refractivity contribution in [3.8, 4) is 5.75 Å². The Hall–Kier alpha value is -3.98. The van der Waals surface area contributed by atoms with Crippen molar-refractivity contribution in [1.82, 2.24) is 0 Å². The van der Waals surface area contributed by atoms with Crippen molar-refractivity contribution in [3.63, 3.8) is 0 Å². The van der Waals surface area contributed by atoms with Gasteiger partial charge in [0.1, 0.15) is 18.3 Å². The van der Waals surface area contributed by atoms with Gasteiger partial charge in [-0.1, -0.05) is 18.2 Å². The number of amides is 1. The summed E-state index contributed by atoms with van der Waals surface area (Å²) in [4.78, 5) is 44.1. The number of carbonyl (C=O) groups is 4. The highest BCUT2D eigenvalue weighted by Crippen LogP contribution is 2.25. The number of rotatable bonds is 6. The molecule has 35 heavy (non-hydrogen) atoms. The smallest absolute Gasteiger partial charge is 0.406 e. The molecule has 3 rings (SSSR count). The van der Waals surface area contributed by atoms with Gasteiger partial charge in [-0.2, -0.15) is 0 Å². The standard InChI is InChI=1S/C16H12F3NO3.C9H7ClO2/c1-10-5-6-11(7-12(10)9-21)15(22)20-13-3-2-4-14(8-13)23-16(17,18)19;1-6-2-3-7(9(10)12)4-8(6)5-11/h2-9H,1H3,(H,20,22);2-5H,1H3. The Morgan fingerprint density at radius 3 is 1.91 bits per heavy atom. The number of aldehydes is 2. The molecule has 0 aliphatic carbocycles. The summed E-state index contributed by atoms with van der Waals surface area (Å²) < 4.78 is 40.3. The minimum Gasteiger partial charge on any atom is -0.406 e. The highest BCUT2D eigenvalue weighted by Gasteiger charge is 2.31. The zero-order valence-corrected chi connectivity index (χ0v) is 19.2. The average molecular weight is 506 g/mol. The Morgan fingerprint density at radius 2 is 1.40 bits per heavy atom. The molecule has 1 amide bonds. The maximum absolute atomic E-state index is 12.2. The van der Waals surface area contributed by atoms with Crippen LogP contribution in [0.2, 0.25) is 0 Å². The number of halogens is 4. The van der Waals surface area contributed by atoms with E-state index >= 15 is 0 Å². The van der Waals surface area contributed by atoms with Crippen LogP contribution in [0.4, 0.5) is 18.9 Å². The van der Waals surface area contributed by atoms with Gasteiger partial charge in [0.05, 0.1) is 0 Å². The quantitative estimate of drug-likeness (QED) is 0.321. The molecule has 3 aromatic rings. The fraction of sp³-hybridized carbons (Fsp3) is 0.120. The van der Waals surface area contributed by atoms with E-state index in [1.165, 1.54) is 30.3 Å². The zero-order valence-electron chi connectivity index (χ0n) is 18.5. The molecule has 0 saturated carbocycles. The van der Waals surface area contributed by atoms with E-state index in [0.717, 1.165) is 23.3 Å². The first kappa shape index (κ1) is 27.3. The van der Waals surface area contributed by atoms with Crippen LogP contribution in [0.15, 0.2) is 60.7 Å².